The molecule has 0 unspecified atom stereocenters. The van der Waals surface area contributed by atoms with Gasteiger partial charge in [0.1, 0.15) is 5.82 Å². The van der Waals surface area contributed by atoms with E-state index < -0.39 is 10.8 Å². The fraction of sp³-hybridized carbons (Fsp3) is 0.150. The highest BCUT2D eigenvalue weighted by Crippen LogP contribution is 2.20. The molecule has 3 N–H and O–H groups in total. The van der Waals surface area contributed by atoms with Gasteiger partial charge in [0.2, 0.25) is 5.95 Å². The lowest BCUT2D eigenvalue weighted by atomic mass is 10.2. The molecule has 148 valence electrons. The van der Waals surface area contributed by atoms with E-state index in [1.165, 1.54) is 24.3 Å². The number of aryl methyl sites for hydroxylation is 1. The molecule has 0 radical (unpaired) electrons. The first kappa shape index (κ1) is 19.7. The van der Waals surface area contributed by atoms with E-state index in [9.17, 15) is 14.9 Å². The Bertz CT molecular complexity index is 1040. The van der Waals surface area contributed by atoms with Crippen LogP contribution in [0.4, 0.5) is 28.8 Å². The van der Waals surface area contributed by atoms with Gasteiger partial charge in [-0.1, -0.05) is 6.07 Å². The summed E-state index contributed by atoms with van der Waals surface area (Å²) in [5, 5.41) is 19.9. The first-order valence-corrected chi connectivity index (χ1v) is 8.97. The van der Waals surface area contributed by atoms with Crippen molar-refractivity contribution in [3.8, 4) is 0 Å². The summed E-state index contributed by atoms with van der Waals surface area (Å²) in [6.07, 6.45) is 0. The molecule has 0 aliphatic carbocycles. The molecule has 0 fully saturated rings. The average Bonchev–Trinajstić information content (AvgIpc) is 2.69. The van der Waals surface area contributed by atoms with Crippen LogP contribution in [0.5, 0.6) is 0 Å². The molecular weight excluding hydrogens is 372 g/mol. The minimum atomic E-state index is -0.534. The molecular formula is C20H20N6O3. The van der Waals surface area contributed by atoms with Crippen LogP contribution in [0.15, 0.2) is 54.6 Å². The number of non-ortho nitro benzene ring substituents is 1. The van der Waals surface area contributed by atoms with Crippen LogP contribution >= 0.6 is 0 Å². The minimum absolute atomic E-state index is 0.130. The fourth-order valence-corrected chi connectivity index (χ4v) is 2.62. The zero-order valence-corrected chi connectivity index (χ0v) is 16.0. The number of benzene rings is 2. The Kier molecular flexibility index (Phi) is 5.98. The second-order valence-corrected chi connectivity index (χ2v) is 6.21. The van der Waals surface area contributed by atoms with Crippen LogP contribution in [0.1, 0.15) is 23.0 Å². The number of anilines is 4. The number of hydrogen-bond acceptors (Lipinski definition) is 7. The molecule has 0 spiro atoms. The van der Waals surface area contributed by atoms with Crippen LogP contribution < -0.4 is 16.0 Å². The second kappa shape index (κ2) is 8.79. The SMILES string of the molecule is CCNc1nc(C)cc(Nc2ccc(NC(=O)c3cccc([N+](=O)[O-])c3)cc2)n1. The highest BCUT2D eigenvalue weighted by atomic mass is 16.6. The van der Waals surface area contributed by atoms with Gasteiger partial charge in [0.05, 0.1) is 4.92 Å². The van der Waals surface area contributed by atoms with Crippen molar-refractivity contribution in [2.45, 2.75) is 13.8 Å². The van der Waals surface area contributed by atoms with E-state index in [4.69, 9.17) is 0 Å². The first-order valence-electron chi connectivity index (χ1n) is 8.97. The van der Waals surface area contributed by atoms with Crippen LogP contribution in [-0.2, 0) is 0 Å². The molecule has 0 saturated heterocycles. The van der Waals surface area contributed by atoms with E-state index in [0.29, 0.717) is 17.5 Å². The molecule has 1 aromatic heterocycles. The molecule has 0 atom stereocenters. The molecule has 0 aliphatic heterocycles. The minimum Gasteiger partial charge on any atom is -0.354 e. The molecule has 0 saturated carbocycles. The van der Waals surface area contributed by atoms with Crippen LogP contribution in [-0.4, -0.2) is 27.3 Å². The highest BCUT2D eigenvalue weighted by molar-refractivity contribution is 6.04. The Morgan fingerprint density at radius 2 is 1.79 bits per heavy atom. The van der Waals surface area contributed by atoms with E-state index in [0.717, 1.165) is 17.9 Å². The number of carbonyl (C=O) groups excluding carboxylic acids is 1. The largest absolute Gasteiger partial charge is 0.354 e. The summed E-state index contributed by atoms with van der Waals surface area (Å²) in [5.41, 5.74) is 2.28. The van der Waals surface area contributed by atoms with Crippen molar-refractivity contribution in [1.29, 1.82) is 0 Å². The molecule has 0 bridgehead atoms. The van der Waals surface area contributed by atoms with Gasteiger partial charge in [0.15, 0.2) is 0 Å². The first-order chi connectivity index (χ1) is 13.9. The monoisotopic (exact) mass is 392 g/mol. The summed E-state index contributed by atoms with van der Waals surface area (Å²) < 4.78 is 0. The Balaban J connectivity index is 1.68. The lowest BCUT2D eigenvalue weighted by Gasteiger charge is -2.10. The molecule has 1 amide bonds. The van der Waals surface area contributed by atoms with Crippen LogP contribution in [0.3, 0.4) is 0 Å². The predicted octanol–water partition coefficient (Wildman–Crippen LogP) is 4.12. The Hall–Kier alpha value is -4.01. The average molecular weight is 392 g/mol. The number of rotatable bonds is 7. The van der Waals surface area contributed by atoms with Crippen molar-refractivity contribution >= 4 is 34.7 Å². The van der Waals surface area contributed by atoms with E-state index in [1.54, 1.807) is 24.3 Å². The molecule has 29 heavy (non-hydrogen) atoms. The topological polar surface area (TPSA) is 122 Å². The van der Waals surface area contributed by atoms with Gasteiger partial charge in [-0.15, -0.1) is 0 Å². The molecule has 3 rings (SSSR count). The van der Waals surface area contributed by atoms with Crippen molar-refractivity contribution in [2.75, 3.05) is 22.5 Å². The smallest absolute Gasteiger partial charge is 0.270 e. The summed E-state index contributed by atoms with van der Waals surface area (Å²) >= 11 is 0. The number of hydrogen-bond donors (Lipinski definition) is 3. The lowest BCUT2D eigenvalue weighted by Crippen LogP contribution is -2.12. The molecule has 9 nitrogen and oxygen atoms in total. The number of aromatic nitrogens is 2. The van der Waals surface area contributed by atoms with Gasteiger partial charge < -0.3 is 16.0 Å². The quantitative estimate of drug-likeness (QED) is 0.408. The highest BCUT2D eigenvalue weighted by Gasteiger charge is 2.11. The molecule has 1 heterocycles. The van der Waals surface area contributed by atoms with Gasteiger partial charge in [-0.2, -0.15) is 4.98 Å². The third-order valence-electron chi connectivity index (χ3n) is 3.92. The number of nitrogens with one attached hydrogen (secondary N) is 3. The predicted molar refractivity (Wildman–Crippen MR) is 112 cm³/mol. The Morgan fingerprint density at radius 1 is 1.07 bits per heavy atom. The van der Waals surface area contributed by atoms with Crippen molar-refractivity contribution < 1.29 is 9.72 Å². The van der Waals surface area contributed by atoms with Crippen molar-refractivity contribution in [3.63, 3.8) is 0 Å². The second-order valence-electron chi connectivity index (χ2n) is 6.21. The zero-order chi connectivity index (χ0) is 20.8. The maximum atomic E-state index is 12.3. The van der Waals surface area contributed by atoms with Gasteiger partial charge in [0.25, 0.3) is 11.6 Å². The standard InChI is InChI=1S/C20H20N6O3/c1-3-21-20-22-13(2)11-18(25-20)23-15-7-9-16(10-8-15)24-19(27)14-5-4-6-17(12-14)26(28)29/h4-12H,3H2,1-2H3,(H,24,27)(H2,21,22,23,25). The molecule has 9 heteroatoms. The number of nitro benzene ring substituents is 1. The third kappa shape index (κ3) is 5.25. The number of carbonyl (C=O) groups is 1. The Labute approximate surface area is 167 Å². The summed E-state index contributed by atoms with van der Waals surface area (Å²) in [6, 6.07) is 14.5. The number of amides is 1. The third-order valence-corrected chi connectivity index (χ3v) is 3.92. The van der Waals surface area contributed by atoms with Crippen molar-refractivity contribution in [3.05, 3.63) is 76.0 Å². The van der Waals surface area contributed by atoms with E-state index in [1.807, 2.05) is 19.9 Å². The number of nitro groups is 1. The molecule has 0 aliphatic rings. The zero-order valence-electron chi connectivity index (χ0n) is 16.0. The Morgan fingerprint density at radius 3 is 2.48 bits per heavy atom. The van der Waals surface area contributed by atoms with Crippen LogP contribution in [0.25, 0.3) is 0 Å². The van der Waals surface area contributed by atoms with Crippen LogP contribution in [0.2, 0.25) is 0 Å². The van der Waals surface area contributed by atoms with Crippen molar-refractivity contribution in [1.82, 2.24) is 9.97 Å². The summed E-state index contributed by atoms with van der Waals surface area (Å²) in [6.45, 7) is 4.58. The van der Waals surface area contributed by atoms with E-state index in [-0.39, 0.29) is 11.3 Å². The van der Waals surface area contributed by atoms with Gasteiger partial charge in [-0.05, 0) is 44.2 Å². The molecule has 3 aromatic rings. The lowest BCUT2D eigenvalue weighted by molar-refractivity contribution is -0.384. The summed E-state index contributed by atoms with van der Waals surface area (Å²) in [5.74, 6) is 0.786. The number of nitrogens with zero attached hydrogens (tertiary/aromatic N) is 3. The van der Waals surface area contributed by atoms with E-state index in [2.05, 4.69) is 25.9 Å². The maximum Gasteiger partial charge on any atom is 0.270 e. The van der Waals surface area contributed by atoms with Gasteiger partial charge >= 0.3 is 0 Å². The normalized spacial score (nSPS) is 10.3. The summed E-state index contributed by atoms with van der Waals surface area (Å²) in [7, 11) is 0. The summed E-state index contributed by atoms with van der Waals surface area (Å²) in [4.78, 5) is 31.3. The molecule has 2 aromatic carbocycles. The van der Waals surface area contributed by atoms with Gasteiger partial charge in [0, 0.05) is 47.4 Å². The van der Waals surface area contributed by atoms with Gasteiger partial charge in [-0.3, -0.25) is 14.9 Å². The fourth-order valence-electron chi connectivity index (χ4n) is 2.62. The van der Waals surface area contributed by atoms with Crippen LogP contribution in [0, 0.1) is 17.0 Å². The van der Waals surface area contributed by atoms with Gasteiger partial charge in [-0.25, -0.2) is 4.98 Å². The van der Waals surface area contributed by atoms with E-state index >= 15 is 0 Å². The van der Waals surface area contributed by atoms with Crippen molar-refractivity contribution in [2.24, 2.45) is 0 Å². The maximum absolute atomic E-state index is 12.3.